The van der Waals surface area contributed by atoms with Crippen LogP contribution in [0.3, 0.4) is 0 Å². The Hall–Kier alpha value is -2.47. The fourth-order valence-corrected chi connectivity index (χ4v) is 6.01. The third-order valence-electron chi connectivity index (χ3n) is 5.93. The lowest BCUT2D eigenvalue weighted by atomic mass is 9.77. The minimum Gasteiger partial charge on any atom is -0.378 e. The maximum atomic E-state index is 13.0. The third kappa shape index (κ3) is 3.93. The van der Waals surface area contributed by atoms with Gasteiger partial charge in [0.1, 0.15) is 0 Å². The van der Waals surface area contributed by atoms with Crippen LogP contribution in [0.1, 0.15) is 29.5 Å². The zero-order chi connectivity index (χ0) is 21.6. The number of anilines is 2. The molecule has 0 amide bonds. The second kappa shape index (κ2) is 7.90. The smallest absolute Gasteiger partial charge is 0.261 e. The fourth-order valence-electron chi connectivity index (χ4n) is 4.54. The molecule has 31 heavy (non-hydrogen) atoms. The molecule has 0 bridgehead atoms. The monoisotopic (exact) mass is 470 g/mol. The van der Waals surface area contributed by atoms with Gasteiger partial charge in [0, 0.05) is 21.7 Å². The van der Waals surface area contributed by atoms with Gasteiger partial charge < -0.3 is 5.32 Å². The second-order valence-electron chi connectivity index (χ2n) is 7.90. The molecule has 4 nitrogen and oxygen atoms in total. The second-order valence-corrected chi connectivity index (χ2v) is 10.5. The number of sulfonamides is 1. The minimum absolute atomic E-state index is 0.109. The highest BCUT2D eigenvalue weighted by Crippen LogP contribution is 2.50. The number of benzene rings is 3. The first-order valence-corrected chi connectivity index (χ1v) is 12.3. The summed E-state index contributed by atoms with van der Waals surface area (Å²) >= 11 is 12.2. The molecule has 3 aromatic rings. The van der Waals surface area contributed by atoms with E-state index in [1.165, 1.54) is 0 Å². The molecule has 158 valence electrons. The molecule has 3 atom stereocenters. The van der Waals surface area contributed by atoms with Crippen LogP contribution in [0.4, 0.5) is 11.4 Å². The van der Waals surface area contributed by atoms with Gasteiger partial charge in [0.25, 0.3) is 10.0 Å². The van der Waals surface area contributed by atoms with Crippen molar-refractivity contribution in [1.82, 2.24) is 0 Å². The Kier molecular flexibility index (Phi) is 5.21. The molecule has 7 heteroatoms. The lowest BCUT2D eigenvalue weighted by molar-refractivity contribution is 0.425. The molecule has 1 heterocycles. The predicted octanol–water partition coefficient (Wildman–Crippen LogP) is 6.62. The summed E-state index contributed by atoms with van der Waals surface area (Å²) in [6, 6.07) is 19.9. The number of halogens is 2. The Morgan fingerprint density at radius 1 is 0.935 bits per heavy atom. The average Bonchev–Trinajstić information content (AvgIpc) is 3.23. The van der Waals surface area contributed by atoms with Crippen LogP contribution >= 0.6 is 23.2 Å². The molecule has 0 saturated carbocycles. The summed E-state index contributed by atoms with van der Waals surface area (Å²) in [5.74, 6) is 0.436. The van der Waals surface area contributed by atoms with Gasteiger partial charge in [-0.1, -0.05) is 53.6 Å². The highest BCUT2D eigenvalue weighted by atomic mass is 35.5. The van der Waals surface area contributed by atoms with Crippen LogP contribution in [-0.4, -0.2) is 8.42 Å². The lowest BCUT2D eigenvalue weighted by Crippen LogP contribution is -2.29. The van der Waals surface area contributed by atoms with Crippen LogP contribution in [0, 0.1) is 5.92 Å². The van der Waals surface area contributed by atoms with Crippen molar-refractivity contribution in [3.63, 3.8) is 0 Å². The standard InChI is InChI=1S/C24H20Cl2N2O2S/c25-16-5-1-4-15(12-16)24-21-9-3-8-20(21)22-14-19(10-11-23(22)27-24)31(29,30)28-18-7-2-6-17(26)13-18/h1-8,10-14,20-21,24,27-28H,9H2/t20-,21+,24+/m0/s1. The van der Waals surface area contributed by atoms with Gasteiger partial charge >= 0.3 is 0 Å². The number of hydrogen-bond acceptors (Lipinski definition) is 3. The van der Waals surface area contributed by atoms with E-state index in [9.17, 15) is 8.42 Å². The Morgan fingerprint density at radius 2 is 1.71 bits per heavy atom. The first-order valence-electron chi connectivity index (χ1n) is 10.0. The first kappa shape index (κ1) is 20.4. The summed E-state index contributed by atoms with van der Waals surface area (Å²) in [5, 5.41) is 4.80. The highest BCUT2D eigenvalue weighted by molar-refractivity contribution is 7.92. The summed E-state index contributed by atoms with van der Waals surface area (Å²) in [5.41, 5.74) is 3.50. The van der Waals surface area contributed by atoms with Crippen molar-refractivity contribution in [3.8, 4) is 0 Å². The predicted molar refractivity (Wildman–Crippen MR) is 127 cm³/mol. The lowest BCUT2D eigenvalue weighted by Gasteiger charge is -2.37. The van der Waals surface area contributed by atoms with Crippen molar-refractivity contribution in [3.05, 3.63) is 100 Å². The molecule has 2 N–H and O–H groups in total. The number of nitrogens with one attached hydrogen (secondary N) is 2. The first-order chi connectivity index (χ1) is 14.9. The van der Waals surface area contributed by atoms with Gasteiger partial charge in [0.15, 0.2) is 0 Å². The van der Waals surface area contributed by atoms with Crippen molar-refractivity contribution in [2.75, 3.05) is 10.0 Å². The zero-order valence-corrected chi connectivity index (χ0v) is 18.8. The third-order valence-corrected chi connectivity index (χ3v) is 7.78. The molecule has 0 unspecified atom stereocenters. The largest absolute Gasteiger partial charge is 0.378 e. The average molecular weight is 471 g/mol. The molecular formula is C24H20Cl2N2O2S. The molecule has 0 aromatic heterocycles. The van der Waals surface area contributed by atoms with E-state index in [-0.39, 0.29) is 16.9 Å². The number of allylic oxidation sites excluding steroid dienone is 2. The summed E-state index contributed by atoms with van der Waals surface area (Å²) in [6.07, 6.45) is 5.28. The molecule has 3 aromatic carbocycles. The van der Waals surface area contributed by atoms with Gasteiger partial charge in [-0.05, 0) is 72.0 Å². The molecule has 0 spiro atoms. The molecule has 0 radical (unpaired) electrons. The molecule has 1 aliphatic heterocycles. The summed E-state index contributed by atoms with van der Waals surface area (Å²) in [6.45, 7) is 0. The van der Waals surface area contributed by atoms with Gasteiger partial charge in [-0.2, -0.15) is 0 Å². The summed E-state index contributed by atoms with van der Waals surface area (Å²) in [4.78, 5) is 0.230. The Morgan fingerprint density at radius 3 is 2.48 bits per heavy atom. The number of rotatable bonds is 4. The van der Waals surface area contributed by atoms with Gasteiger partial charge in [-0.25, -0.2) is 8.42 Å². The van der Waals surface area contributed by atoms with Crippen LogP contribution in [-0.2, 0) is 10.0 Å². The van der Waals surface area contributed by atoms with E-state index in [0.717, 1.165) is 23.2 Å². The van der Waals surface area contributed by atoms with Crippen molar-refractivity contribution in [1.29, 1.82) is 0 Å². The summed E-state index contributed by atoms with van der Waals surface area (Å²) in [7, 11) is -3.74. The van der Waals surface area contributed by atoms with Crippen LogP contribution in [0.5, 0.6) is 0 Å². The Balaban J connectivity index is 1.50. The van der Waals surface area contributed by atoms with E-state index in [4.69, 9.17) is 23.2 Å². The van der Waals surface area contributed by atoms with Gasteiger partial charge in [-0.15, -0.1) is 0 Å². The number of hydrogen-bond donors (Lipinski definition) is 2. The van der Waals surface area contributed by atoms with E-state index < -0.39 is 10.0 Å². The molecular weight excluding hydrogens is 451 g/mol. The maximum absolute atomic E-state index is 13.0. The quantitative estimate of drug-likeness (QED) is 0.421. The van der Waals surface area contributed by atoms with Crippen LogP contribution in [0.25, 0.3) is 0 Å². The Bertz CT molecular complexity index is 1290. The van der Waals surface area contributed by atoms with Crippen LogP contribution in [0.2, 0.25) is 10.0 Å². The fraction of sp³-hybridized carbons (Fsp3) is 0.167. The van der Waals surface area contributed by atoms with E-state index >= 15 is 0 Å². The molecule has 0 fully saturated rings. The van der Waals surface area contributed by atoms with E-state index in [2.05, 4.69) is 28.3 Å². The van der Waals surface area contributed by atoms with Crippen LogP contribution < -0.4 is 10.0 Å². The Labute approximate surface area is 192 Å². The number of fused-ring (bicyclic) bond motifs is 3. The zero-order valence-electron chi connectivity index (χ0n) is 16.4. The van der Waals surface area contributed by atoms with Gasteiger partial charge in [0.2, 0.25) is 0 Å². The van der Waals surface area contributed by atoms with Crippen LogP contribution in [0.15, 0.2) is 83.8 Å². The highest BCUT2D eigenvalue weighted by Gasteiger charge is 2.38. The minimum atomic E-state index is -3.74. The maximum Gasteiger partial charge on any atom is 0.261 e. The normalized spacial score (nSPS) is 21.8. The molecule has 0 saturated heterocycles. The summed E-state index contributed by atoms with van der Waals surface area (Å²) < 4.78 is 28.6. The van der Waals surface area contributed by atoms with E-state index in [1.807, 2.05) is 24.3 Å². The van der Waals surface area contributed by atoms with Crippen molar-refractivity contribution >= 4 is 44.6 Å². The molecule has 1 aliphatic carbocycles. The molecule has 5 rings (SSSR count). The van der Waals surface area contributed by atoms with Crippen molar-refractivity contribution in [2.45, 2.75) is 23.3 Å². The van der Waals surface area contributed by atoms with Crippen molar-refractivity contribution in [2.24, 2.45) is 5.92 Å². The van der Waals surface area contributed by atoms with E-state index in [0.29, 0.717) is 21.7 Å². The molecule has 2 aliphatic rings. The SMILES string of the molecule is O=S(=O)(Nc1cccc(Cl)c1)c1ccc2c(c1)[C@H]1C=CC[C@H]1[C@@H](c1cccc(Cl)c1)N2. The topological polar surface area (TPSA) is 58.2 Å². The van der Waals surface area contributed by atoms with E-state index in [1.54, 1.807) is 36.4 Å². The van der Waals surface area contributed by atoms with Crippen molar-refractivity contribution < 1.29 is 8.42 Å². The van der Waals surface area contributed by atoms with Gasteiger partial charge in [-0.3, -0.25) is 4.72 Å². The van der Waals surface area contributed by atoms with Gasteiger partial charge in [0.05, 0.1) is 16.6 Å².